The Morgan fingerprint density at radius 3 is 2.84 bits per heavy atom. The van der Waals surface area contributed by atoms with Crippen molar-refractivity contribution in [2.75, 3.05) is 6.61 Å². The first-order valence-corrected chi connectivity index (χ1v) is 6.34. The molecule has 0 radical (unpaired) electrons. The number of nitrogens with one attached hydrogen (secondary N) is 1. The first-order chi connectivity index (χ1) is 9.11. The lowest BCUT2D eigenvalue weighted by Gasteiger charge is -2.14. The van der Waals surface area contributed by atoms with Crippen molar-refractivity contribution in [1.82, 2.24) is 5.32 Å². The van der Waals surface area contributed by atoms with Crippen LogP contribution >= 0.6 is 15.9 Å². The van der Waals surface area contributed by atoms with Gasteiger partial charge in [0.1, 0.15) is 17.6 Å². The van der Waals surface area contributed by atoms with Gasteiger partial charge in [-0.05, 0) is 30.3 Å². The summed E-state index contributed by atoms with van der Waals surface area (Å²) in [5, 5.41) is 21.5. The number of phenolic OH excluding ortho intramolecular Hbond substituents is 1. The van der Waals surface area contributed by atoms with Crippen molar-refractivity contribution in [2.24, 2.45) is 0 Å². The number of rotatable bonds is 4. The van der Waals surface area contributed by atoms with Crippen LogP contribution in [0.3, 0.4) is 0 Å². The van der Waals surface area contributed by atoms with Gasteiger partial charge in [0.2, 0.25) is 0 Å². The highest BCUT2D eigenvalue weighted by molar-refractivity contribution is 9.10. The van der Waals surface area contributed by atoms with Crippen LogP contribution in [0.15, 0.2) is 45.5 Å². The zero-order valence-corrected chi connectivity index (χ0v) is 11.4. The van der Waals surface area contributed by atoms with E-state index in [4.69, 9.17) is 4.42 Å². The summed E-state index contributed by atoms with van der Waals surface area (Å²) in [6.07, 6.45) is 1.46. The maximum atomic E-state index is 12.0. The van der Waals surface area contributed by atoms with Crippen LogP contribution in [0.25, 0.3) is 0 Å². The molecule has 5 nitrogen and oxygen atoms in total. The summed E-state index contributed by atoms with van der Waals surface area (Å²) in [5.74, 6) is -0.170. The molecule has 2 aromatic rings. The predicted molar refractivity (Wildman–Crippen MR) is 71.8 cm³/mol. The minimum Gasteiger partial charge on any atom is -0.507 e. The molecular formula is C13H12BrNO4. The number of carbonyl (C=O) groups excluding carboxylic acids is 1. The van der Waals surface area contributed by atoms with Crippen molar-refractivity contribution in [3.63, 3.8) is 0 Å². The van der Waals surface area contributed by atoms with E-state index in [2.05, 4.69) is 21.2 Å². The third-order valence-corrected chi connectivity index (χ3v) is 3.07. The second-order valence-electron chi connectivity index (χ2n) is 3.89. The molecule has 19 heavy (non-hydrogen) atoms. The van der Waals surface area contributed by atoms with Gasteiger partial charge in [0, 0.05) is 4.47 Å². The highest BCUT2D eigenvalue weighted by Gasteiger charge is 2.19. The number of carbonyl (C=O) groups is 1. The summed E-state index contributed by atoms with van der Waals surface area (Å²) in [4.78, 5) is 12.0. The van der Waals surface area contributed by atoms with Crippen LogP contribution in [0, 0.1) is 0 Å². The third-order valence-electron chi connectivity index (χ3n) is 2.58. The molecule has 1 atom stereocenters. The van der Waals surface area contributed by atoms with E-state index in [9.17, 15) is 15.0 Å². The average Bonchev–Trinajstić information content (AvgIpc) is 2.92. The summed E-state index contributed by atoms with van der Waals surface area (Å²) in [5.41, 5.74) is 0.124. The topological polar surface area (TPSA) is 82.7 Å². The first kappa shape index (κ1) is 13.6. The molecule has 1 aromatic heterocycles. The number of halogens is 1. The fourth-order valence-electron chi connectivity index (χ4n) is 1.62. The molecule has 1 amide bonds. The molecule has 0 spiro atoms. The quantitative estimate of drug-likeness (QED) is 0.804. The van der Waals surface area contributed by atoms with E-state index in [1.165, 1.54) is 18.4 Å². The Kier molecular flexibility index (Phi) is 4.24. The van der Waals surface area contributed by atoms with Crippen LogP contribution in [-0.4, -0.2) is 22.7 Å². The van der Waals surface area contributed by atoms with E-state index in [1.54, 1.807) is 18.2 Å². The molecule has 0 aliphatic carbocycles. The van der Waals surface area contributed by atoms with Gasteiger partial charge in [0.15, 0.2) is 0 Å². The summed E-state index contributed by atoms with van der Waals surface area (Å²) in [6.45, 7) is -0.298. The van der Waals surface area contributed by atoms with E-state index in [1.807, 2.05) is 0 Å². The number of furan rings is 1. The molecule has 0 saturated heterocycles. The summed E-state index contributed by atoms with van der Waals surface area (Å²) >= 11 is 3.23. The second-order valence-corrected chi connectivity index (χ2v) is 4.80. The number of hydrogen-bond donors (Lipinski definition) is 3. The standard InChI is InChI=1S/C13H12BrNO4/c14-8-3-4-11(17)9(6-8)13(18)15-10(7-16)12-2-1-5-19-12/h1-6,10,16-17H,7H2,(H,15,18). The average molecular weight is 326 g/mol. The molecular weight excluding hydrogens is 314 g/mol. The van der Waals surface area contributed by atoms with Crippen LogP contribution in [0.2, 0.25) is 0 Å². The van der Waals surface area contributed by atoms with E-state index in [0.29, 0.717) is 10.2 Å². The number of benzene rings is 1. The van der Waals surface area contributed by atoms with E-state index < -0.39 is 11.9 Å². The molecule has 2 rings (SSSR count). The van der Waals surface area contributed by atoms with Gasteiger partial charge in [-0.1, -0.05) is 15.9 Å². The number of aromatic hydroxyl groups is 1. The van der Waals surface area contributed by atoms with Crippen LogP contribution < -0.4 is 5.32 Å². The van der Waals surface area contributed by atoms with Crippen molar-refractivity contribution in [3.8, 4) is 5.75 Å². The Morgan fingerprint density at radius 2 is 2.21 bits per heavy atom. The Morgan fingerprint density at radius 1 is 1.42 bits per heavy atom. The Labute approximate surface area is 118 Å². The number of aliphatic hydroxyl groups excluding tert-OH is 1. The van der Waals surface area contributed by atoms with E-state index in [-0.39, 0.29) is 17.9 Å². The maximum Gasteiger partial charge on any atom is 0.255 e. The van der Waals surface area contributed by atoms with Gasteiger partial charge in [-0.15, -0.1) is 0 Å². The monoisotopic (exact) mass is 325 g/mol. The van der Waals surface area contributed by atoms with Crippen molar-refractivity contribution in [1.29, 1.82) is 0 Å². The zero-order valence-electron chi connectivity index (χ0n) is 9.84. The highest BCUT2D eigenvalue weighted by Crippen LogP contribution is 2.23. The largest absolute Gasteiger partial charge is 0.507 e. The first-order valence-electron chi connectivity index (χ1n) is 5.55. The lowest BCUT2D eigenvalue weighted by Crippen LogP contribution is -2.30. The third kappa shape index (κ3) is 3.15. The normalized spacial score (nSPS) is 12.1. The van der Waals surface area contributed by atoms with Gasteiger partial charge in [-0.25, -0.2) is 0 Å². The fourth-order valence-corrected chi connectivity index (χ4v) is 1.98. The maximum absolute atomic E-state index is 12.0. The molecule has 1 aromatic carbocycles. The lowest BCUT2D eigenvalue weighted by atomic mass is 10.1. The molecule has 0 fully saturated rings. The van der Waals surface area contributed by atoms with Crippen molar-refractivity contribution in [2.45, 2.75) is 6.04 Å². The van der Waals surface area contributed by atoms with Crippen LogP contribution in [-0.2, 0) is 0 Å². The number of hydrogen-bond acceptors (Lipinski definition) is 4. The predicted octanol–water partition coefficient (Wildman–Crippen LogP) is 2.21. The van der Waals surface area contributed by atoms with Crippen LogP contribution in [0.4, 0.5) is 0 Å². The molecule has 0 saturated carbocycles. The smallest absolute Gasteiger partial charge is 0.255 e. The molecule has 0 bridgehead atoms. The minimum absolute atomic E-state index is 0.124. The van der Waals surface area contributed by atoms with Crippen LogP contribution in [0.5, 0.6) is 5.75 Å². The molecule has 0 aliphatic rings. The SMILES string of the molecule is O=C(NC(CO)c1ccco1)c1cc(Br)ccc1O. The van der Waals surface area contributed by atoms with Crippen molar-refractivity contribution >= 4 is 21.8 Å². The Hall–Kier alpha value is -1.79. The van der Waals surface area contributed by atoms with E-state index in [0.717, 1.165) is 0 Å². The number of phenols is 1. The zero-order chi connectivity index (χ0) is 13.8. The molecule has 1 heterocycles. The van der Waals surface area contributed by atoms with Gasteiger partial charge >= 0.3 is 0 Å². The van der Waals surface area contributed by atoms with Crippen molar-refractivity contribution in [3.05, 3.63) is 52.4 Å². The minimum atomic E-state index is -0.652. The van der Waals surface area contributed by atoms with Gasteiger partial charge < -0.3 is 19.9 Å². The van der Waals surface area contributed by atoms with E-state index >= 15 is 0 Å². The Bertz CT molecular complexity index is 568. The summed E-state index contributed by atoms with van der Waals surface area (Å²) in [6, 6.07) is 7.22. The highest BCUT2D eigenvalue weighted by atomic mass is 79.9. The second kappa shape index (κ2) is 5.90. The number of amides is 1. The number of aliphatic hydroxyl groups is 1. The van der Waals surface area contributed by atoms with Crippen LogP contribution in [0.1, 0.15) is 22.2 Å². The summed E-state index contributed by atoms with van der Waals surface area (Å²) < 4.78 is 5.81. The van der Waals surface area contributed by atoms with Crippen molar-refractivity contribution < 1.29 is 19.4 Å². The molecule has 6 heteroatoms. The van der Waals surface area contributed by atoms with Gasteiger partial charge in [-0.2, -0.15) is 0 Å². The lowest BCUT2D eigenvalue weighted by molar-refractivity contribution is 0.0904. The van der Waals surface area contributed by atoms with Gasteiger partial charge in [0.05, 0.1) is 18.4 Å². The van der Waals surface area contributed by atoms with Gasteiger partial charge in [-0.3, -0.25) is 4.79 Å². The Balaban J connectivity index is 2.18. The molecule has 1 unspecified atom stereocenters. The van der Waals surface area contributed by atoms with Gasteiger partial charge in [0.25, 0.3) is 5.91 Å². The summed E-state index contributed by atoms with van der Waals surface area (Å²) in [7, 11) is 0. The molecule has 3 N–H and O–H groups in total. The fraction of sp³-hybridized carbons (Fsp3) is 0.154. The molecule has 100 valence electrons. The molecule has 0 aliphatic heterocycles.